The molecule has 1 aliphatic carbocycles. The first-order valence-electron chi connectivity index (χ1n) is 6.74. The van der Waals surface area contributed by atoms with Gasteiger partial charge in [0.1, 0.15) is 5.01 Å². The smallest absolute Gasteiger partial charge is 0.115 e. The second kappa shape index (κ2) is 6.66. The predicted octanol–water partition coefficient (Wildman–Crippen LogP) is 3.78. The summed E-state index contributed by atoms with van der Waals surface area (Å²) in [5, 5.41) is 4.76. The number of thiophene rings is 1. The summed E-state index contributed by atoms with van der Waals surface area (Å²) in [7, 11) is 1.73. The van der Waals surface area contributed by atoms with Crippen molar-refractivity contribution in [3.63, 3.8) is 0 Å². The second-order valence-corrected chi connectivity index (χ2v) is 8.41. The van der Waals surface area contributed by atoms with Crippen LogP contribution in [0.2, 0.25) is 0 Å². The SMILES string of the molecule is COCCNC(c1ccc(Br)s1)c1nc2c(s1)CCC2. The number of rotatable bonds is 6. The Labute approximate surface area is 135 Å². The molecule has 1 N–H and O–H groups in total. The first kappa shape index (κ1) is 14.7. The Morgan fingerprint density at radius 2 is 2.30 bits per heavy atom. The van der Waals surface area contributed by atoms with Crippen molar-refractivity contribution >= 4 is 38.6 Å². The van der Waals surface area contributed by atoms with Crippen LogP contribution in [-0.2, 0) is 17.6 Å². The van der Waals surface area contributed by atoms with Crippen LogP contribution in [0.1, 0.15) is 32.9 Å². The van der Waals surface area contributed by atoms with Crippen LogP contribution in [0.25, 0.3) is 0 Å². The van der Waals surface area contributed by atoms with Crippen molar-refractivity contribution in [1.29, 1.82) is 0 Å². The summed E-state index contributed by atoms with van der Waals surface area (Å²) >= 11 is 7.19. The molecule has 0 spiro atoms. The van der Waals surface area contributed by atoms with E-state index in [0.717, 1.165) is 16.8 Å². The molecule has 0 saturated heterocycles. The Kier molecular flexibility index (Phi) is 4.88. The lowest BCUT2D eigenvalue weighted by atomic mass is 10.2. The number of fused-ring (bicyclic) bond motifs is 1. The highest BCUT2D eigenvalue weighted by Gasteiger charge is 2.23. The summed E-state index contributed by atoms with van der Waals surface area (Å²) in [5.74, 6) is 0. The van der Waals surface area contributed by atoms with E-state index in [0.29, 0.717) is 6.61 Å². The molecule has 6 heteroatoms. The van der Waals surface area contributed by atoms with Crippen LogP contribution in [0.5, 0.6) is 0 Å². The lowest BCUT2D eigenvalue weighted by Crippen LogP contribution is -2.25. The number of nitrogens with one attached hydrogen (secondary N) is 1. The molecule has 2 aromatic heterocycles. The fraction of sp³-hybridized carbons (Fsp3) is 0.500. The molecule has 108 valence electrons. The Morgan fingerprint density at radius 1 is 1.40 bits per heavy atom. The van der Waals surface area contributed by atoms with Gasteiger partial charge in [0.25, 0.3) is 0 Å². The summed E-state index contributed by atoms with van der Waals surface area (Å²) in [4.78, 5) is 7.65. The Balaban J connectivity index is 1.83. The summed E-state index contributed by atoms with van der Waals surface area (Å²) < 4.78 is 6.31. The maximum Gasteiger partial charge on any atom is 0.115 e. The van der Waals surface area contributed by atoms with E-state index in [9.17, 15) is 0 Å². The zero-order valence-electron chi connectivity index (χ0n) is 11.3. The number of thiazole rings is 1. The molecule has 3 rings (SSSR count). The van der Waals surface area contributed by atoms with Crippen LogP contribution in [0.3, 0.4) is 0 Å². The molecule has 2 aromatic rings. The van der Waals surface area contributed by atoms with Gasteiger partial charge in [-0.15, -0.1) is 22.7 Å². The summed E-state index contributed by atoms with van der Waals surface area (Å²) in [6.07, 6.45) is 3.61. The standard InChI is InChI=1S/C14H17BrN2OS2/c1-18-8-7-16-13(11-5-6-12(15)19-11)14-17-9-3-2-4-10(9)20-14/h5-6,13,16H,2-4,7-8H2,1H3. The molecule has 1 unspecified atom stereocenters. The predicted molar refractivity (Wildman–Crippen MR) is 87.9 cm³/mol. The van der Waals surface area contributed by atoms with E-state index in [1.54, 1.807) is 18.4 Å². The fourth-order valence-electron chi connectivity index (χ4n) is 2.43. The lowest BCUT2D eigenvalue weighted by Gasteiger charge is -2.15. The Morgan fingerprint density at radius 3 is 3.00 bits per heavy atom. The average molecular weight is 373 g/mol. The number of halogens is 1. The van der Waals surface area contributed by atoms with Gasteiger partial charge in [-0.2, -0.15) is 0 Å². The van der Waals surface area contributed by atoms with Crippen molar-refractivity contribution in [1.82, 2.24) is 10.3 Å². The van der Waals surface area contributed by atoms with Gasteiger partial charge in [-0.3, -0.25) is 0 Å². The first-order valence-corrected chi connectivity index (χ1v) is 9.16. The third-order valence-electron chi connectivity index (χ3n) is 3.39. The van der Waals surface area contributed by atoms with E-state index in [4.69, 9.17) is 9.72 Å². The molecule has 0 bridgehead atoms. The first-order chi connectivity index (χ1) is 9.78. The van der Waals surface area contributed by atoms with Crippen LogP contribution in [-0.4, -0.2) is 25.2 Å². The van der Waals surface area contributed by atoms with E-state index in [1.807, 2.05) is 11.3 Å². The highest BCUT2D eigenvalue weighted by molar-refractivity contribution is 9.11. The molecule has 3 nitrogen and oxygen atoms in total. The molecule has 0 radical (unpaired) electrons. The maximum absolute atomic E-state index is 5.15. The molecule has 1 aliphatic rings. The minimum absolute atomic E-state index is 0.192. The van der Waals surface area contributed by atoms with Gasteiger partial charge in [0.2, 0.25) is 0 Å². The van der Waals surface area contributed by atoms with Crippen LogP contribution >= 0.6 is 38.6 Å². The van der Waals surface area contributed by atoms with Crippen LogP contribution in [0.4, 0.5) is 0 Å². The Bertz CT molecular complexity index is 560. The molecule has 0 aromatic carbocycles. The van der Waals surface area contributed by atoms with Gasteiger partial charge >= 0.3 is 0 Å². The van der Waals surface area contributed by atoms with Crippen molar-refractivity contribution in [2.45, 2.75) is 25.3 Å². The highest BCUT2D eigenvalue weighted by atomic mass is 79.9. The monoisotopic (exact) mass is 372 g/mol. The van der Waals surface area contributed by atoms with Gasteiger partial charge in [-0.25, -0.2) is 4.98 Å². The molecule has 1 atom stereocenters. The number of ether oxygens (including phenoxy) is 1. The Hall–Kier alpha value is -0.270. The molecule has 2 heterocycles. The van der Waals surface area contributed by atoms with Crippen LogP contribution < -0.4 is 5.32 Å². The van der Waals surface area contributed by atoms with Gasteiger partial charge < -0.3 is 10.1 Å². The lowest BCUT2D eigenvalue weighted by molar-refractivity contribution is 0.197. The third kappa shape index (κ3) is 3.14. The summed E-state index contributed by atoms with van der Waals surface area (Å²) in [5.41, 5.74) is 1.32. The molecule has 0 aliphatic heterocycles. The number of aryl methyl sites for hydroxylation is 2. The van der Waals surface area contributed by atoms with E-state index in [-0.39, 0.29) is 6.04 Å². The second-order valence-electron chi connectivity index (χ2n) is 4.80. The molecule has 0 saturated carbocycles. The third-order valence-corrected chi connectivity index (χ3v) is 6.30. The number of methoxy groups -OCH3 is 1. The number of aromatic nitrogens is 1. The van der Waals surface area contributed by atoms with E-state index in [1.165, 1.54) is 33.3 Å². The minimum Gasteiger partial charge on any atom is -0.383 e. The molecule has 0 amide bonds. The van der Waals surface area contributed by atoms with E-state index < -0.39 is 0 Å². The van der Waals surface area contributed by atoms with Crippen molar-refractivity contribution in [2.75, 3.05) is 20.3 Å². The zero-order chi connectivity index (χ0) is 13.9. The van der Waals surface area contributed by atoms with Gasteiger partial charge in [0.15, 0.2) is 0 Å². The number of hydrogen-bond donors (Lipinski definition) is 1. The zero-order valence-corrected chi connectivity index (χ0v) is 14.5. The number of nitrogens with zero attached hydrogens (tertiary/aromatic N) is 1. The van der Waals surface area contributed by atoms with Crippen LogP contribution in [0.15, 0.2) is 15.9 Å². The topological polar surface area (TPSA) is 34.1 Å². The van der Waals surface area contributed by atoms with Gasteiger partial charge in [-0.1, -0.05) is 0 Å². The average Bonchev–Trinajstić information content (AvgIpc) is 3.10. The van der Waals surface area contributed by atoms with Gasteiger partial charge in [0.05, 0.1) is 22.1 Å². The summed E-state index contributed by atoms with van der Waals surface area (Å²) in [6, 6.07) is 4.47. The molecular formula is C14H17BrN2OS2. The summed E-state index contributed by atoms with van der Waals surface area (Å²) in [6.45, 7) is 1.55. The van der Waals surface area contributed by atoms with Gasteiger partial charge in [-0.05, 0) is 47.3 Å². The van der Waals surface area contributed by atoms with Crippen molar-refractivity contribution in [3.05, 3.63) is 36.4 Å². The minimum atomic E-state index is 0.192. The fourth-order valence-corrected chi connectivity index (χ4v) is 5.26. The number of hydrogen-bond acceptors (Lipinski definition) is 5. The molecule has 20 heavy (non-hydrogen) atoms. The van der Waals surface area contributed by atoms with E-state index in [2.05, 4.69) is 33.4 Å². The molecular weight excluding hydrogens is 356 g/mol. The van der Waals surface area contributed by atoms with Crippen molar-refractivity contribution < 1.29 is 4.74 Å². The quantitative estimate of drug-likeness (QED) is 0.783. The highest BCUT2D eigenvalue weighted by Crippen LogP contribution is 2.36. The van der Waals surface area contributed by atoms with Crippen molar-refractivity contribution in [3.8, 4) is 0 Å². The maximum atomic E-state index is 5.15. The normalized spacial score (nSPS) is 15.5. The van der Waals surface area contributed by atoms with Crippen LogP contribution in [0, 0.1) is 0 Å². The van der Waals surface area contributed by atoms with E-state index >= 15 is 0 Å². The van der Waals surface area contributed by atoms with Gasteiger partial charge in [0, 0.05) is 23.4 Å². The molecule has 0 fully saturated rings. The largest absolute Gasteiger partial charge is 0.383 e. The van der Waals surface area contributed by atoms with Crippen molar-refractivity contribution in [2.24, 2.45) is 0 Å².